The number of hydrogen-bond acceptors (Lipinski definition) is 8. The third-order valence-corrected chi connectivity index (χ3v) is 8.82. The number of nitrogens with one attached hydrogen (secondary N) is 2. The van der Waals surface area contributed by atoms with Gasteiger partial charge in [-0.1, -0.05) is 13.0 Å². The molecule has 2 aliphatic rings. The molecule has 0 bridgehead atoms. The highest BCUT2D eigenvalue weighted by molar-refractivity contribution is 7.97. The van der Waals surface area contributed by atoms with Gasteiger partial charge in [-0.15, -0.1) is 5.10 Å². The Morgan fingerprint density at radius 1 is 1.12 bits per heavy atom. The number of nitrogens with zero attached hydrogens (tertiary/aromatic N) is 5. The van der Waals surface area contributed by atoms with Crippen molar-refractivity contribution in [3.05, 3.63) is 48.2 Å². The van der Waals surface area contributed by atoms with E-state index in [0.29, 0.717) is 34.5 Å². The highest BCUT2D eigenvalue weighted by Crippen LogP contribution is 2.60. The van der Waals surface area contributed by atoms with Crippen LogP contribution in [0.2, 0.25) is 0 Å². The van der Waals surface area contributed by atoms with Crippen molar-refractivity contribution in [2.75, 3.05) is 29.9 Å². The van der Waals surface area contributed by atoms with Gasteiger partial charge in [-0.3, -0.25) is 9.52 Å². The van der Waals surface area contributed by atoms with Gasteiger partial charge in [0.05, 0.1) is 17.6 Å². The van der Waals surface area contributed by atoms with Crippen molar-refractivity contribution in [2.24, 2.45) is 5.41 Å². The maximum atomic E-state index is 13.4. The molecule has 0 aromatic carbocycles. The van der Waals surface area contributed by atoms with E-state index in [1.807, 2.05) is 18.2 Å². The zero-order valence-electron chi connectivity index (χ0n) is 24.7. The number of carbonyl (C=O) groups excluding carboxylic acids is 1. The first-order valence-corrected chi connectivity index (χ1v) is 15.6. The molecule has 13 heteroatoms. The van der Waals surface area contributed by atoms with E-state index in [9.17, 15) is 18.0 Å². The van der Waals surface area contributed by atoms with E-state index in [1.54, 1.807) is 29.1 Å². The number of hydrogen-bond donors (Lipinski definition) is 2. The van der Waals surface area contributed by atoms with Gasteiger partial charge in [0.25, 0.3) is 5.91 Å². The average molecular weight is 618 g/mol. The van der Waals surface area contributed by atoms with Crippen LogP contribution < -0.4 is 19.7 Å². The first-order valence-electron chi connectivity index (χ1n) is 14.7. The van der Waals surface area contributed by atoms with Crippen LogP contribution in [0.25, 0.3) is 5.82 Å². The number of anilines is 2. The zero-order valence-corrected chi connectivity index (χ0v) is 25.5. The number of halogens is 3. The Labute approximate surface area is 254 Å². The van der Waals surface area contributed by atoms with Crippen molar-refractivity contribution < 1.29 is 22.7 Å². The van der Waals surface area contributed by atoms with Crippen LogP contribution in [0, 0.1) is 5.41 Å². The summed E-state index contributed by atoms with van der Waals surface area (Å²) < 4.78 is 49.7. The number of ether oxygens (including phenoxy) is 1. The summed E-state index contributed by atoms with van der Waals surface area (Å²) in [5.74, 6) is 1.84. The minimum Gasteiger partial charge on any atom is -0.477 e. The Balaban J connectivity index is 1.28. The molecule has 3 aromatic rings. The second kappa shape index (κ2) is 12.6. The molecule has 0 atom stereocenters. The second-order valence-electron chi connectivity index (χ2n) is 11.8. The number of pyridine rings is 2. The van der Waals surface area contributed by atoms with Crippen molar-refractivity contribution in [3.63, 3.8) is 0 Å². The van der Waals surface area contributed by atoms with E-state index in [1.165, 1.54) is 0 Å². The summed E-state index contributed by atoms with van der Waals surface area (Å²) >= 11 is 1.15. The lowest BCUT2D eigenvalue weighted by Crippen LogP contribution is -2.40. The maximum absolute atomic E-state index is 13.4. The number of carbonyl (C=O) groups is 1. The van der Waals surface area contributed by atoms with Crippen LogP contribution in [-0.2, 0) is 0 Å². The third kappa shape index (κ3) is 7.19. The van der Waals surface area contributed by atoms with Crippen molar-refractivity contribution >= 4 is 29.5 Å². The molecule has 1 aliphatic carbocycles. The Morgan fingerprint density at radius 3 is 2.63 bits per heavy atom. The van der Waals surface area contributed by atoms with Crippen LogP contribution >= 0.6 is 11.9 Å². The number of aromatic nitrogens is 4. The summed E-state index contributed by atoms with van der Waals surface area (Å²) in [5.41, 5.74) is -1.28. The Hall–Kier alpha value is -3.48. The van der Waals surface area contributed by atoms with E-state index in [0.717, 1.165) is 50.1 Å². The molecule has 1 saturated heterocycles. The van der Waals surface area contributed by atoms with Crippen LogP contribution in [0.1, 0.15) is 76.1 Å². The fourth-order valence-corrected chi connectivity index (χ4v) is 5.95. The monoisotopic (exact) mass is 617 g/mol. The van der Waals surface area contributed by atoms with Crippen molar-refractivity contribution in [3.8, 4) is 11.7 Å². The van der Waals surface area contributed by atoms with Gasteiger partial charge >= 0.3 is 6.18 Å². The fraction of sp³-hybridized carbons (Fsp3) is 0.533. The van der Waals surface area contributed by atoms with Gasteiger partial charge in [0, 0.05) is 42.8 Å². The zero-order chi connectivity index (χ0) is 30.7. The average Bonchev–Trinajstić information content (AvgIpc) is 3.50. The highest BCUT2D eigenvalue weighted by Gasteiger charge is 2.62. The quantitative estimate of drug-likeness (QED) is 0.160. The molecule has 3 aromatic heterocycles. The summed E-state index contributed by atoms with van der Waals surface area (Å²) in [4.78, 5) is 25.0. The minimum atomic E-state index is -4.16. The third-order valence-electron chi connectivity index (χ3n) is 8.09. The summed E-state index contributed by atoms with van der Waals surface area (Å²) in [6.07, 6.45) is 1.21. The molecule has 1 aliphatic heterocycles. The summed E-state index contributed by atoms with van der Waals surface area (Å²) in [6, 6.07) is 10.7. The number of alkyl halides is 3. The van der Waals surface area contributed by atoms with Crippen LogP contribution in [0.15, 0.2) is 47.6 Å². The predicted octanol–water partition coefficient (Wildman–Crippen LogP) is 6.80. The smallest absolute Gasteiger partial charge is 0.394 e. The van der Waals surface area contributed by atoms with Gasteiger partial charge in [0.15, 0.2) is 5.82 Å². The first-order chi connectivity index (χ1) is 20.5. The Morgan fingerprint density at radius 2 is 1.93 bits per heavy atom. The van der Waals surface area contributed by atoms with Crippen LogP contribution in [0.4, 0.5) is 24.8 Å². The SMILES string of the molecule is CCCNc1cccc(SNC(=O)c2ccc(-n3ccc(OCCCC4(C(F)(F)F)CC4)n3)nc2N2CCCC2(C)C)n1. The molecular weight excluding hydrogens is 579 g/mol. The van der Waals surface area contributed by atoms with Gasteiger partial charge in [0.1, 0.15) is 16.7 Å². The number of amides is 1. The summed E-state index contributed by atoms with van der Waals surface area (Å²) in [6.45, 7) is 8.07. The lowest BCUT2D eigenvalue weighted by atomic mass is 10.0. The van der Waals surface area contributed by atoms with Gasteiger partial charge < -0.3 is 15.0 Å². The Kier molecular flexibility index (Phi) is 9.10. The molecule has 1 amide bonds. The van der Waals surface area contributed by atoms with Crippen molar-refractivity contribution in [1.29, 1.82) is 0 Å². The molecule has 0 unspecified atom stereocenters. The van der Waals surface area contributed by atoms with E-state index in [4.69, 9.17) is 9.72 Å². The molecule has 9 nitrogen and oxygen atoms in total. The van der Waals surface area contributed by atoms with E-state index >= 15 is 0 Å². The molecule has 0 spiro atoms. The topological polar surface area (TPSA) is 97.2 Å². The van der Waals surface area contributed by atoms with E-state index < -0.39 is 11.6 Å². The standard InChI is InChI=1S/C30H38F3N7O2S/c1-4-17-34-22-8-5-9-25(35-22)43-38-27(41)21-10-11-23(36-26(21)39-18-6-13-28(39,2)3)40-19-12-24(37-40)42-20-7-14-29(15-16-29)30(31,32)33/h5,8-12,19H,4,6-7,13-18,20H2,1-3H3,(H,34,35)(H,38,41). The second-order valence-corrected chi connectivity index (χ2v) is 12.6. The molecule has 1 saturated carbocycles. The molecule has 2 fully saturated rings. The van der Waals surface area contributed by atoms with Gasteiger partial charge in [-0.2, -0.15) is 13.2 Å². The van der Waals surface area contributed by atoms with Crippen LogP contribution in [-0.4, -0.2) is 57.1 Å². The maximum Gasteiger partial charge on any atom is 0.394 e. The lowest BCUT2D eigenvalue weighted by Gasteiger charge is -2.34. The van der Waals surface area contributed by atoms with E-state index in [2.05, 4.69) is 45.8 Å². The van der Waals surface area contributed by atoms with Gasteiger partial charge in [-0.05, 0) is 83.1 Å². The summed E-state index contributed by atoms with van der Waals surface area (Å²) in [5, 5.41) is 8.35. The predicted molar refractivity (Wildman–Crippen MR) is 161 cm³/mol. The molecule has 232 valence electrons. The van der Waals surface area contributed by atoms with Crippen LogP contribution in [0.3, 0.4) is 0 Å². The van der Waals surface area contributed by atoms with Gasteiger partial charge in [-0.25, -0.2) is 14.6 Å². The fourth-order valence-electron chi connectivity index (χ4n) is 5.35. The molecular formula is C30H38F3N7O2S. The Bertz CT molecular complexity index is 1420. The van der Waals surface area contributed by atoms with Gasteiger partial charge in [0.2, 0.25) is 5.88 Å². The summed E-state index contributed by atoms with van der Waals surface area (Å²) in [7, 11) is 0. The molecule has 0 radical (unpaired) electrons. The lowest BCUT2D eigenvalue weighted by molar-refractivity contribution is -0.189. The molecule has 4 heterocycles. The molecule has 2 N–H and O–H groups in total. The normalized spacial score (nSPS) is 17.1. The van der Waals surface area contributed by atoms with Crippen molar-refractivity contribution in [2.45, 2.75) is 82.5 Å². The van der Waals surface area contributed by atoms with Crippen LogP contribution in [0.5, 0.6) is 5.88 Å². The van der Waals surface area contributed by atoms with Crippen molar-refractivity contribution in [1.82, 2.24) is 24.5 Å². The largest absolute Gasteiger partial charge is 0.477 e. The van der Waals surface area contributed by atoms with E-state index in [-0.39, 0.29) is 37.3 Å². The molecule has 5 rings (SSSR count). The first kappa shape index (κ1) is 31.0. The minimum absolute atomic E-state index is 0.0623. The highest BCUT2D eigenvalue weighted by atomic mass is 32.2. The molecule has 43 heavy (non-hydrogen) atoms. The number of rotatable bonds is 13.